The van der Waals surface area contributed by atoms with Crippen LogP contribution in [0.2, 0.25) is 5.02 Å². The van der Waals surface area contributed by atoms with Crippen LogP contribution in [0, 0.1) is 0 Å². The van der Waals surface area contributed by atoms with Gasteiger partial charge in [-0.3, -0.25) is 0 Å². The van der Waals surface area contributed by atoms with Crippen molar-refractivity contribution in [2.45, 2.75) is 24.0 Å². The maximum absolute atomic E-state index is 12.9. The van der Waals surface area contributed by atoms with E-state index in [0.717, 1.165) is 16.4 Å². The third kappa shape index (κ3) is 4.46. The fraction of sp³-hybridized carbons (Fsp3) is 0.455. The van der Waals surface area contributed by atoms with Gasteiger partial charge in [0.25, 0.3) is 0 Å². The quantitative estimate of drug-likeness (QED) is 0.890. The molecule has 1 aromatic rings. The maximum atomic E-state index is 12.9. The van der Waals surface area contributed by atoms with Crippen LogP contribution in [0.3, 0.4) is 0 Å². The summed E-state index contributed by atoms with van der Waals surface area (Å²) in [6.45, 7) is 1.49. The molecule has 0 saturated heterocycles. The van der Waals surface area contributed by atoms with Crippen LogP contribution in [0.5, 0.6) is 0 Å². The number of likely N-dealkylation sites (N-methyl/N-ethyl adjacent to an activating group) is 1. The van der Waals surface area contributed by atoms with Crippen molar-refractivity contribution in [1.82, 2.24) is 4.31 Å². The number of nitrogens with zero attached hydrogens (tertiary/aromatic N) is 1. The lowest BCUT2D eigenvalue weighted by atomic mass is 10.2. The Morgan fingerprint density at radius 3 is 2.33 bits per heavy atom. The van der Waals surface area contributed by atoms with E-state index in [9.17, 15) is 21.6 Å². The average Bonchev–Trinajstić information content (AvgIpc) is 2.35. The number of benzene rings is 1. The first-order chi connectivity index (χ1) is 9.01. The molecule has 4 nitrogen and oxygen atoms in total. The molecule has 1 unspecified atom stereocenters. The van der Waals surface area contributed by atoms with Crippen LogP contribution in [0.4, 0.5) is 13.2 Å². The zero-order valence-corrected chi connectivity index (χ0v) is 13.6. The molecule has 1 rings (SSSR count). The highest BCUT2D eigenvalue weighted by atomic mass is 35.5. The lowest BCUT2D eigenvalue weighted by molar-refractivity contribution is -0.139. The number of sulfonamides is 1. The minimum Gasteiger partial charge on any atom is -0.329 e. The molecule has 0 heterocycles. The first kappa shape index (κ1) is 20.5. The van der Waals surface area contributed by atoms with E-state index < -0.39 is 32.7 Å². The minimum absolute atomic E-state index is 0. The van der Waals surface area contributed by atoms with Gasteiger partial charge >= 0.3 is 6.18 Å². The van der Waals surface area contributed by atoms with E-state index in [0.29, 0.717) is 6.07 Å². The Balaban J connectivity index is 0.00000400. The second kappa shape index (κ2) is 7.15. The third-order valence-electron chi connectivity index (χ3n) is 2.87. The highest BCUT2D eigenvalue weighted by Crippen LogP contribution is 2.36. The van der Waals surface area contributed by atoms with Gasteiger partial charge < -0.3 is 5.73 Å². The standard InChI is InChI=1S/C11H14ClF3N2O2S.ClH/c1-7(6-16)17(2)20(18,19)10-4-3-8(12)5-9(10)11(13,14)15;/h3-5,7H,6,16H2,1-2H3;1H. The van der Waals surface area contributed by atoms with Gasteiger partial charge in [0.15, 0.2) is 0 Å². The molecule has 0 saturated carbocycles. The van der Waals surface area contributed by atoms with Crippen LogP contribution in [-0.4, -0.2) is 32.4 Å². The normalized spacial score (nSPS) is 13.9. The first-order valence-electron chi connectivity index (χ1n) is 5.56. The van der Waals surface area contributed by atoms with Crippen molar-refractivity contribution in [3.05, 3.63) is 28.8 Å². The van der Waals surface area contributed by atoms with E-state index >= 15 is 0 Å². The smallest absolute Gasteiger partial charge is 0.329 e. The summed E-state index contributed by atoms with van der Waals surface area (Å²) < 4.78 is 64.1. The summed E-state index contributed by atoms with van der Waals surface area (Å²) in [5.74, 6) is 0. The SMILES string of the molecule is CC(CN)N(C)S(=O)(=O)c1ccc(Cl)cc1C(F)(F)F.Cl. The highest BCUT2D eigenvalue weighted by molar-refractivity contribution is 7.89. The van der Waals surface area contributed by atoms with Crippen molar-refractivity contribution in [3.8, 4) is 0 Å². The van der Waals surface area contributed by atoms with Crippen molar-refractivity contribution in [2.24, 2.45) is 5.73 Å². The summed E-state index contributed by atoms with van der Waals surface area (Å²) >= 11 is 5.51. The zero-order chi connectivity index (χ0) is 15.7. The molecule has 1 aromatic carbocycles. The van der Waals surface area contributed by atoms with Crippen molar-refractivity contribution >= 4 is 34.0 Å². The Kier molecular flexibility index (Phi) is 6.96. The molecule has 1 atom stereocenters. The third-order valence-corrected chi connectivity index (χ3v) is 5.13. The van der Waals surface area contributed by atoms with Gasteiger partial charge in [-0.2, -0.15) is 17.5 Å². The van der Waals surface area contributed by atoms with Crippen molar-refractivity contribution < 1.29 is 21.6 Å². The molecule has 0 amide bonds. The molecular weight excluding hydrogens is 352 g/mol. The minimum atomic E-state index is -4.82. The molecule has 0 aliphatic heterocycles. The molecule has 21 heavy (non-hydrogen) atoms. The molecule has 0 aromatic heterocycles. The molecular formula is C11H15Cl2F3N2O2S. The van der Waals surface area contributed by atoms with Gasteiger partial charge in [0.1, 0.15) is 0 Å². The van der Waals surface area contributed by atoms with Crippen LogP contribution in [0.1, 0.15) is 12.5 Å². The summed E-state index contributed by atoms with van der Waals surface area (Å²) in [5.41, 5.74) is 4.06. The van der Waals surface area contributed by atoms with E-state index in [4.69, 9.17) is 17.3 Å². The maximum Gasteiger partial charge on any atom is 0.417 e. The molecule has 0 fully saturated rings. The van der Waals surface area contributed by atoms with Gasteiger partial charge in [-0.1, -0.05) is 11.6 Å². The monoisotopic (exact) mass is 366 g/mol. The summed E-state index contributed by atoms with van der Waals surface area (Å²) in [5, 5.41) is -0.189. The Labute approximate surface area is 132 Å². The van der Waals surface area contributed by atoms with Crippen LogP contribution >= 0.6 is 24.0 Å². The van der Waals surface area contributed by atoms with Crippen molar-refractivity contribution in [2.75, 3.05) is 13.6 Å². The average molecular weight is 367 g/mol. The van der Waals surface area contributed by atoms with E-state index in [1.54, 1.807) is 0 Å². The number of alkyl halides is 3. The van der Waals surface area contributed by atoms with Gasteiger partial charge in [-0.05, 0) is 25.1 Å². The second-order valence-electron chi connectivity index (χ2n) is 4.24. The summed E-state index contributed by atoms with van der Waals surface area (Å²) in [7, 11) is -3.12. The fourth-order valence-corrected chi connectivity index (χ4v) is 3.22. The lowest BCUT2D eigenvalue weighted by Gasteiger charge is -2.24. The van der Waals surface area contributed by atoms with Gasteiger partial charge in [0, 0.05) is 24.7 Å². The molecule has 10 heteroatoms. The van der Waals surface area contributed by atoms with Crippen molar-refractivity contribution in [1.29, 1.82) is 0 Å². The van der Waals surface area contributed by atoms with Crippen LogP contribution in [-0.2, 0) is 16.2 Å². The van der Waals surface area contributed by atoms with Crippen LogP contribution < -0.4 is 5.73 Å². The summed E-state index contributed by atoms with van der Waals surface area (Å²) in [6.07, 6.45) is -4.82. The molecule has 122 valence electrons. The summed E-state index contributed by atoms with van der Waals surface area (Å²) in [6, 6.07) is 1.91. The van der Waals surface area contributed by atoms with E-state index in [1.807, 2.05) is 0 Å². The fourth-order valence-electron chi connectivity index (χ4n) is 1.49. The largest absolute Gasteiger partial charge is 0.417 e. The number of halogens is 5. The second-order valence-corrected chi connectivity index (χ2v) is 6.65. The predicted octanol–water partition coefficient (Wildman–Crippen LogP) is 2.75. The number of hydrogen-bond acceptors (Lipinski definition) is 3. The van der Waals surface area contributed by atoms with E-state index in [-0.39, 0.29) is 24.0 Å². The topological polar surface area (TPSA) is 63.4 Å². The zero-order valence-electron chi connectivity index (χ0n) is 11.2. The number of hydrogen-bond donors (Lipinski definition) is 1. The Morgan fingerprint density at radius 1 is 1.38 bits per heavy atom. The molecule has 0 radical (unpaired) electrons. The van der Waals surface area contributed by atoms with Gasteiger partial charge in [0.2, 0.25) is 10.0 Å². The van der Waals surface area contributed by atoms with Gasteiger partial charge in [-0.25, -0.2) is 8.42 Å². The van der Waals surface area contributed by atoms with Gasteiger partial charge in [0.05, 0.1) is 10.5 Å². The molecule has 0 bridgehead atoms. The Morgan fingerprint density at radius 2 is 1.90 bits per heavy atom. The molecule has 2 N–H and O–H groups in total. The van der Waals surface area contributed by atoms with E-state index in [1.165, 1.54) is 14.0 Å². The van der Waals surface area contributed by atoms with Crippen LogP contribution in [0.25, 0.3) is 0 Å². The molecule has 0 aliphatic rings. The number of nitrogens with two attached hydrogens (primary N) is 1. The lowest BCUT2D eigenvalue weighted by Crippen LogP contribution is -2.40. The number of rotatable bonds is 4. The Bertz CT molecular complexity index is 594. The highest BCUT2D eigenvalue weighted by Gasteiger charge is 2.39. The Hall–Kier alpha value is -0.540. The van der Waals surface area contributed by atoms with Gasteiger partial charge in [-0.15, -0.1) is 12.4 Å². The van der Waals surface area contributed by atoms with Crippen molar-refractivity contribution in [3.63, 3.8) is 0 Å². The summed E-state index contributed by atoms with van der Waals surface area (Å²) in [4.78, 5) is -0.836. The van der Waals surface area contributed by atoms with Crippen LogP contribution in [0.15, 0.2) is 23.1 Å². The molecule has 0 aliphatic carbocycles. The van der Waals surface area contributed by atoms with E-state index in [2.05, 4.69) is 0 Å². The predicted molar refractivity (Wildman–Crippen MR) is 77.2 cm³/mol. The first-order valence-corrected chi connectivity index (χ1v) is 7.38. The molecule has 0 spiro atoms.